The summed E-state index contributed by atoms with van der Waals surface area (Å²) in [5.41, 5.74) is 2.52. The quantitative estimate of drug-likeness (QED) is 0.461. The molecule has 1 aromatic carbocycles. The number of aromatic nitrogens is 1. The normalized spacial score (nSPS) is 21.2. The van der Waals surface area contributed by atoms with Crippen molar-refractivity contribution in [1.82, 2.24) is 4.98 Å². The van der Waals surface area contributed by atoms with Gasteiger partial charge in [0, 0.05) is 16.3 Å². The maximum absolute atomic E-state index is 12.2. The molecule has 1 aromatic heterocycles. The van der Waals surface area contributed by atoms with Crippen molar-refractivity contribution in [3.63, 3.8) is 0 Å². The number of benzene rings is 1. The zero-order valence-electron chi connectivity index (χ0n) is 10.3. The molecule has 2 radical (unpaired) electrons. The third-order valence-corrected chi connectivity index (χ3v) is 3.91. The van der Waals surface area contributed by atoms with Gasteiger partial charge in [0.05, 0.1) is 11.6 Å². The number of aromatic amines is 1. The van der Waals surface area contributed by atoms with Gasteiger partial charge in [-0.05, 0) is 11.6 Å². The Morgan fingerprint density at radius 1 is 1.39 bits per heavy atom. The molecule has 3 rings (SSSR count). The van der Waals surface area contributed by atoms with Crippen LogP contribution in [-0.2, 0) is 10.2 Å². The van der Waals surface area contributed by atoms with Crippen LogP contribution in [0, 0.1) is 5.92 Å². The summed E-state index contributed by atoms with van der Waals surface area (Å²) in [5, 5.41) is 0.938. The van der Waals surface area contributed by atoms with Gasteiger partial charge < -0.3 is 9.78 Å². The van der Waals surface area contributed by atoms with E-state index < -0.39 is 11.3 Å². The molecule has 2 aromatic rings. The van der Waals surface area contributed by atoms with Crippen LogP contribution in [0.3, 0.4) is 0 Å². The second-order valence-electron chi connectivity index (χ2n) is 5.38. The number of hydrogen-bond acceptors (Lipinski definition) is 2. The highest BCUT2D eigenvalue weighted by Crippen LogP contribution is 2.45. The number of ketones is 1. The molecular weight excluding hydrogens is 225 g/mol. The molecule has 3 nitrogen and oxygen atoms in total. The molecule has 0 aliphatic heterocycles. The lowest BCUT2D eigenvalue weighted by Crippen LogP contribution is -2.28. The Morgan fingerprint density at radius 2 is 2.11 bits per heavy atom. The molecule has 1 N–H and O–H groups in total. The minimum Gasteiger partial charge on any atom is -0.352 e. The van der Waals surface area contributed by atoms with E-state index in [1.807, 2.05) is 26.0 Å². The van der Waals surface area contributed by atoms with Crippen molar-refractivity contribution in [2.45, 2.75) is 19.3 Å². The van der Waals surface area contributed by atoms with Crippen LogP contribution in [0.25, 0.3) is 10.9 Å². The summed E-state index contributed by atoms with van der Waals surface area (Å²) in [7, 11) is 5.80. The maximum atomic E-state index is 12.2. The number of rotatable bonds is 1. The van der Waals surface area contributed by atoms with Crippen LogP contribution < -0.4 is 5.46 Å². The first-order valence-corrected chi connectivity index (χ1v) is 5.88. The minimum atomic E-state index is -0.607. The first-order valence-electron chi connectivity index (χ1n) is 5.88. The van der Waals surface area contributed by atoms with Crippen molar-refractivity contribution in [2.24, 2.45) is 5.92 Å². The van der Waals surface area contributed by atoms with Gasteiger partial charge in [-0.2, -0.15) is 0 Å². The molecular formula is C14H12BNO2. The number of aldehydes is 1. The lowest BCUT2D eigenvalue weighted by molar-refractivity contribution is -0.111. The van der Waals surface area contributed by atoms with E-state index in [9.17, 15) is 9.59 Å². The predicted molar refractivity (Wildman–Crippen MR) is 70.6 cm³/mol. The summed E-state index contributed by atoms with van der Waals surface area (Å²) in [6, 6.07) is 5.51. The molecule has 4 heteroatoms. The van der Waals surface area contributed by atoms with Gasteiger partial charge in [-0.3, -0.25) is 4.79 Å². The Labute approximate surface area is 106 Å². The van der Waals surface area contributed by atoms with Gasteiger partial charge in [0.15, 0.2) is 5.78 Å². The Bertz CT molecular complexity index is 684. The summed E-state index contributed by atoms with van der Waals surface area (Å²) < 4.78 is 0. The number of H-pyrrole nitrogens is 1. The zero-order valence-corrected chi connectivity index (χ0v) is 10.3. The maximum Gasteiger partial charge on any atom is 0.190 e. The van der Waals surface area contributed by atoms with E-state index in [2.05, 4.69) is 4.98 Å². The molecule has 0 fully saturated rings. The minimum absolute atomic E-state index is 0.125. The Hall–Kier alpha value is -1.84. The van der Waals surface area contributed by atoms with Crippen molar-refractivity contribution in [2.75, 3.05) is 0 Å². The van der Waals surface area contributed by atoms with Gasteiger partial charge in [0.25, 0.3) is 0 Å². The summed E-state index contributed by atoms with van der Waals surface area (Å²) in [6.07, 6.45) is 0.744. The van der Waals surface area contributed by atoms with Crippen LogP contribution in [-0.4, -0.2) is 24.9 Å². The largest absolute Gasteiger partial charge is 0.352 e. The van der Waals surface area contributed by atoms with Crippen molar-refractivity contribution in [3.8, 4) is 0 Å². The fourth-order valence-corrected chi connectivity index (χ4v) is 2.93. The highest BCUT2D eigenvalue weighted by Gasteiger charge is 2.48. The molecule has 0 saturated carbocycles. The molecule has 88 valence electrons. The SMILES string of the molecule is [B]c1ccc2[nH]c3c(c2c1)C(C)(C)C(C=O)C3=O. The molecule has 0 bridgehead atoms. The van der Waals surface area contributed by atoms with E-state index in [0.717, 1.165) is 22.8 Å². The Kier molecular flexibility index (Phi) is 2.09. The monoisotopic (exact) mass is 237 g/mol. The second-order valence-corrected chi connectivity index (χ2v) is 5.38. The molecule has 0 saturated heterocycles. The highest BCUT2D eigenvalue weighted by atomic mass is 16.1. The number of carbonyl (C=O) groups is 2. The van der Waals surface area contributed by atoms with E-state index in [1.54, 1.807) is 6.07 Å². The van der Waals surface area contributed by atoms with Crippen molar-refractivity contribution in [3.05, 3.63) is 29.5 Å². The molecule has 0 amide bonds. The van der Waals surface area contributed by atoms with Gasteiger partial charge in [0.2, 0.25) is 0 Å². The van der Waals surface area contributed by atoms with Gasteiger partial charge in [-0.25, -0.2) is 0 Å². The summed E-state index contributed by atoms with van der Waals surface area (Å²) >= 11 is 0. The predicted octanol–water partition coefficient (Wildman–Crippen LogP) is 1.25. The van der Waals surface area contributed by atoms with Crippen LogP contribution in [0.5, 0.6) is 0 Å². The zero-order chi connectivity index (χ0) is 13.1. The first kappa shape index (κ1) is 11.3. The Balaban J connectivity index is 2.39. The van der Waals surface area contributed by atoms with Crippen LogP contribution in [0.15, 0.2) is 18.2 Å². The number of nitrogens with one attached hydrogen (secondary N) is 1. The lowest BCUT2D eigenvalue weighted by Gasteiger charge is -2.22. The second kappa shape index (κ2) is 3.34. The average Bonchev–Trinajstić information content (AvgIpc) is 2.75. The molecule has 0 spiro atoms. The van der Waals surface area contributed by atoms with Crippen LogP contribution in [0.4, 0.5) is 0 Å². The average molecular weight is 237 g/mol. The van der Waals surface area contributed by atoms with Gasteiger partial charge in [0.1, 0.15) is 14.1 Å². The van der Waals surface area contributed by atoms with Gasteiger partial charge >= 0.3 is 0 Å². The molecule has 18 heavy (non-hydrogen) atoms. The van der Waals surface area contributed by atoms with E-state index in [1.165, 1.54) is 0 Å². The molecule has 1 aliphatic rings. The third-order valence-electron chi connectivity index (χ3n) is 3.91. The number of hydrogen-bond donors (Lipinski definition) is 1. The number of carbonyl (C=O) groups excluding carboxylic acids is 2. The van der Waals surface area contributed by atoms with E-state index in [0.29, 0.717) is 11.2 Å². The van der Waals surface area contributed by atoms with Crippen LogP contribution in [0.1, 0.15) is 29.9 Å². The molecule has 1 atom stereocenters. The standard InChI is InChI=1S/C14H12BNO2/c1-14(2)9(6-17)13(18)12-11(14)8-5-7(15)3-4-10(8)16-12/h3-6,9,16H,1-2H3. The third kappa shape index (κ3) is 1.20. The van der Waals surface area contributed by atoms with Crippen LogP contribution in [0.2, 0.25) is 0 Å². The van der Waals surface area contributed by atoms with Crippen molar-refractivity contribution in [1.29, 1.82) is 0 Å². The molecule has 1 unspecified atom stereocenters. The fraction of sp³-hybridized carbons (Fsp3) is 0.286. The Morgan fingerprint density at radius 3 is 2.78 bits per heavy atom. The van der Waals surface area contributed by atoms with Crippen LogP contribution >= 0.6 is 0 Å². The number of fused-ring (bicyclic) bond motifs is 3. The smallest absolute Gasteiger partial charge is 0.190 e. The van der Waals surface area contributed by atoms with Gasteiger partial charge in [-0.15, -0.1) is 0 Å². The molecule has 1 aliphatic carbocycles. The van der Waals surface area contributed by atoms with Crippen molar-refractivity contribution >= 4 is 36.3 Å². The van der Waals surface area contributed by atoms with Crippen molar-refractivity contribution < 1.29 is 9.59 Å². The summed E-state index contributed by atoms with van der Waals surface area (Å²) in [5.74, 6) is -0.732. The highest BCUT2D eigenvalue weighted by molar-refractivity contribution is 6.33. The number of Topliss-reactive ketones (excluding diaryl/α,β-unsaturated/α-hetero) is 1. The topological polar surface area (TPSA) is 49.9 Å². The van der Waals surface area contributed by atoms with E-state index >= 15 is 0 Å². The first-order chi connectivity index (χ1) is 8.46. The lowest BCUT2D eigenvalue weighted by atomic mass is 9.78. The van der Waals surface area contributed by atoms with E-state index in [-0.39, 0.29) is 5.78 Å². The van der Waals surface area contributed by atoms with Gasteiger partial charge in [-0.1, -0.05) is 31.4 Å². The summed E-state index contributed by atoms with van der Waals surface area (Å²) in [4.78, 5) is 26.5. The van der Waals surface area contributed by atoms with E-state index in [4.69, 9.17) is 7.85 Å². The fourth-order valence-electron chi connectivity index (χ4n) is 2.93. The molecule has 1 heterocycles. The summed E-state index contributed by atoms with van der Waals surface area (Å²) in [6.45, 7) is 3.85.